The van der Waals surface area contributed by atoms with Crippen molar-refractivity contribution in [1.82, 2.24) is 10.2 Å². The van der Waals surface area contributed by atoms with Crippen molar-refractivity contribution in [2.45, 2.75) is 71.4 Å². The lowest BCUT2D eigenvalue weighted by molar-refractivity contribution is 0.0167. The summed E-state index contributed by atoms with van der Waals surface area (Å²) >= 11 is 0. The van der Waals surface area contributed by atoms with Crippen LogP contribution in [0.1, 0.15) is 59.8 Å². The summed E-state index contributed by atoms with van der Waals surface area (Å²) in [6.07, 6.45) is 6.70. The second kappa shape index (κ2) is 6.76. The average molecular weight is 282 g/mol. The van der Waals surface area contributed by atoms with Crippen LogP contribution < -0.4 is 5.32 Å². The molecule has 1 saturated heterocycles. The molecule has 1 atom stereocenters. The molecule has 0 amide bonds. The van der Waals surface area contributed by atoms with Gasteiger partial charge in [0.05, 0.1) is 0 Å². The van der Waals surface area contributed by atoms with Gasteiger partial charge in [-0.25, -0.2) is 0 Å². The van der Waals surface area contributed by atoms with E-state index >= 15 is 0 Å². The van der Waals surface area contributed by atoms with Crippen LogP contribution in [0.25, 0.3) is 0 Å². The first-order chi connectivity index (χ1) is 9.47. The van der Waals surface area contributed by atoms with E-state index in [-0.39, 0.29) is 0 Å². The summed E-state index contributed by atoms with van der Waals surface area (Å²) in [6.45, 7) is 14.5. The maximum atomic E-state index is 5.52. The van der Waals surface area contributed by atoms with Gasteiger partial charge in [0, 0.05) is 44.4 Å². The lowest BCUT2D eigenvalue weighted by Crippen LogP contribution is -2.66. The van der Waals surface area contributed by atoms with Gasteiger partial charge in [0.15, 0.2) is 0 Å². The van der Waals surface area contributed by atoms with Crippen LogP contribution in [-0.2, 0) is 4.74 Å². The smallest absolute Gasteiger partial charge is 0.0478 e. The molecule has 1 spiro atoms. The lowest BCUT2D eigenvalue weighted by Gasteiger charge is -2.51. The number of nitrogens with zero attached hydrogens (tertiary/aromatic N) is 1. The zero-order valence-electron chi connectivity index (χ0n) is 14.0. The lowest BCUT2D eigenvalue weighted by atomic mass is 9.81. The monoisotopic (exact) mass is 282 g/mol. The molecule has 1 unspecified atom stereocenters. The molecule has 0 radical (unpaired) electrons. The Morgan fingerprint density at radius 2 is 1.95 bits per heavy atom. The largest absolute Gasteiger partial charge is 0.382 e. The second-order valence-electron chi connectivity index (χ2n) is 7.77. The minimum Gasteiger partial charge on any atom is -0.382 e. The Bertz CT molecular complexity index is 292. The van der Waals surface area contributed by atoms with Gasteiger partial charge in [-0.1, -0.05) is 33.6 Å². The van der Waals surface area contributed by atoms with Crippen molar-refractivity contribution in [3.8, 4) is 0 Å². The molecule has 2 rings (SSSR count). The van der Waals surface area contributed by atoms with Crippen LogP contribution in [0.3, 0.4) is 0 Å². The summed E-state index contributed by atoms with van der Waals surface area (Å²) in [4.78, 5) is 2.75. The number of piperazine rings is 1. The molecule has 0 aromatic heterocycles. The summed E-state index contributed by atoms with van der Waals surface area (Å²) in [5.74, 6) is 0. The van der Waals surface area contributed by atoms with Crippen LogP contribution >= 0.6 is 0 Å². The molecule has 3 nitrogen and oxygen atoms in total. The van der Waals surface area contributed by atoms with E-state index < -0.39 is 0 Å². The first-order valence-corrected chi connectivity index (χ1v) is 8.54. The van der Waals surface area contributed by atoms with Gasteiger partial charge in [0.2, 0.25) is 0 Å². The van der Waals surface area contributed by atoms with Gasteiger partial charge in [-0.3, -0.25) is 4.90 Å². The first kappa shape index (κ1) is 16.3. The average Bonchev–Trinajstić information content (AvgIpc) is 2.81. The van der Waals surface area contributed by atoms with Crippen LogP contribution in [0.4, 0.5) is 0 Å². The maximum absolute atomic E-state index is 5.52. The van der Waals surface area contributed by atoms with Gasteiger partial charge < -0.3 is 10.1 Å². The summed E-state index contributed by atoms with van der Waals surface area (Å²) in [5.41, 5.74) is 0.770. The highest BCUT2D eigenvalue weighted by atomic mass is 16.5. The van der Waals surface area contributed by atoms with Crippen molar-refractivity contribution >= 4 is 0 Å². The van der Waals surface area contributed by atoms with Crippen molar-refractivity contribution in [1.29, 1.82) is 0 Å². The standard InChI is InChI=1S/C17H34N2O/c1-5-20-12-8-11-19-14-17(9-6-7-10-17)18-13-15(19)16(2,3)4/h15,18H,5-14H2,1-4H3. The molecule has 2 aliphatic rings. The van der Waals surface area contributed by atoms with E-state index in [2.05, 4.69) is 37.9 Å². The molecule has 0 bridgehead atoms. The SMILES string of the molecule is CCOCCCN1CC2(CCCC2)NCC1C(C)(C)C. The summed E-state index contributed by atoms with van der Waals surface area (Å²) in [7, 11) is 0. The molecule has 20 heavy (non-hydrogen) atoms. The van der Waals surface area contributed by atoms with Gasteiger partial charge in [0.25, 0.3) is 0 Å². The van der Waals surface area contributed by atoms with Crippen LogP contribution in [-0.4, -0.2) is 49.3 Å². The summed E-state index contributed by atoms with van der Waals surface area (Å²) < 4.78 is 5.52. The Labute approximate surface area is 125 Å². The summed E-state index contributed by atoms with van der Waals surface area (Å²) in [6, 6.07) is 0.648. The van der Waals surface area contributed by atoms with E-state index in [0.29, 0.717) is 17.0 Å². The Balaban J connectivity index is 1.95. The van der Waals surface area contributed by atoms with Gasteiger partial charge in [0.1, 0.15) is 0 Å². The zero-order valence-corrected chi connectivity index (χ0v) is 14.0. The number of hydrogen-bond acceptors (Lipinski definition) is 3. The molecule has 1 saturated carbocycles. The van der Waals surface area contributed by atoms with Crippen LogP contribution in [0.5, 0.6) is 0 Å². The highest BCUT2D eigenvalue weighted by molar-refractivity contribution is 5.03. The Morgan fingerprint density at radius 1 is 1.25 bits per heavy atom. The summed E-state index contributed by atoms with van der Waals surface area (Å²) in [5, 5.41) is 3.91. The van der Waals surface area contributed by atoms with E-state index in [9.17, 15) is 0 Å². The molecule has 118 valence electrons. The quantitative estimate of drug-likeness (QED) is 0.784. The predicted octanol–water partition coefficient (Wildman–Crippen LogP) is 3.05. The Morgan fingerprint density at radius 3 is 2.55 bits per heavy atom. The van der Waals surface area contributed by atoms with E-state index in [0.717, 1.165) is 26.2 Å². The maximum Gasteiger partial charge on any atom is 0.0478 e. The Hall–Kier alpha value is -0.120. The normalized spacial score (nSPS) is 27.3. The third-order valence-electron chi connectivity index (χ3n) is 5.12. The van der Waals surface area contributed by atoms with E-state index in [1.807, 2.05) is 0 Å². The fourth-order valence-corrected chi connectivity index (χ4v) is 3.99. The van der Waals surface area contributed by atoms with Crippen LogP contribution in [0, 0.1) is 5.41 Å². The molecule has 0 aromatic rings. The van der Waals surface area contributed by atoms with Gasteiger partial charge in [-0.15, -0.1) is 0 Å². The fourth-order valence-electron chi connectivity index (χ4n) is 3.99. The highest BCUT2D eigenvalue weighted by Crippen LogP contribution is 2.36. The van der Waals surface area contributed by atoms with E-state index in [1.165, 1.54) is 38.8 Å². The molecule has 1 aliphatic carbocycles. The van der Waals surface area contributed by atoms with Gasteiger partial charge >= 0.3 is 0 Å². The van der Waals surface area contributed by atoms with E-state index in [1.54, 1.807) is 0 Å². The minimum atomic E-state index is 0.346. The number of hydrogen-bond donors (Lipinski definition) is 1. The van der Waals surface area contributed by atoms with Crippen molar-refractivity contribution in [2.24, 2.45) is 5.41 Å². The molecule has 0 aromatic carbocycles. The van der Waals surface area contributed by atoms with Crippen LogP contribution in [0.2, 0.25) is 0 Å². The molecule has 2 fully saturated rings. The van der Waals surface area contributed by atoms with Gasteiger partial charge in [-0.2, -0.15) is 0 Å². The second-order valence-corrected chi connectivity index (χ2v) is 7.77. The number of rotatable bonds is 5. The topological polar surface area (TPSA) is 24.5 Å². The third kappa shape index (κ3) is 3.96. The predicted molar refractivity (Wildman–Crippen MR) is 85.1 cm³/mol. The fraction of sp³-hybridized carbons (Fsp3) is 1.00. The molecule has 1 heterocycles. The van der Waals surface area contributed by atoms with Gasteiger partial charge in [-0.05, 0) is 31.6 Å². The van der Waals surface area contributed by atoms with Crippen molar-refractivity contribution in [3.63, 3.8) is 0 Å². The Kier molecular flexibility index (Phi) is 5.49. The zero-order chi connectivity index (χ0) is 14.6. The van der Waals surface area contributed by atoms with Crippen LogP contribution in [0.15, 0.2) is 0 Å². The molecule has 1 N–H and O–H groups in total. The molecule has 1 aliphatic heterocycles. The number of nitrogens with one attached hydrogen (secondary N) is 1. The van der Waals surface area contributed by atoms with Crippen molar-refractivity contribution < 1.29 is 4.74 Å². The molecule has 3 heteroatoms. The van der Waals surface area contributed by atoms with Crippen molar-refractivity contribution in [3.05, 3.63) is 0 Å². The molecular weight excluding hydrogens is 248 g/mol. The van der Waals surface area contributed by atoms with E-state index in [4.69, 9.17) is 4.74 Å². The molecular formula is C17H34N2O. The third-order valence-corrected chi connectivity index (χ3v) is 5.12. The first-order valence-electron chi connectivity index (χ1n) is 8.54. The van der Waals surface area contributed by atoms with Crippen molar-refractivity contribution in [2.75, 3.05) is 32.8 Å². The highest BCUT2D eigenvalue weighted by Gasteiger charge is 2.43. The number of ether oxygens (including phenoxy) is 1. The minimum absolute atomic E-state index is 0.346.